The molecule has 1 aromatic heterocycles. The monoisotopic (exact) mass is 451 g/mol. The maximum atomic E-state index is 12.1. The standard InChI is InChI=1S/C23H21N3O5S/c27-20(25-11-21-26-19(13-32-21)22(28)29)9-10-24-23(30)31-12-18-16-7-3-1-5-14(16)15-6-2-4-8-17(15)18/h1-8,13,18H,9-12H2,(H,24,30)(H,25,27)(H,28,29). The SMILES string of the molecule is O=C(CCNC(=O)OCC1c2ccccc2-c2ccccc21)NCc1nc(C(=O)O)cs1. The van der Waals surface area contributed by atoms with E-state index in [1.807, 2.05) is 36.4 Å². The Bertz CT molecular complexity index is 1110. The van der Waals surface area contributed by atoms with Crippen LogP contribution in [0.3, 0.4) is 0 Å². The molecule has 2 aromatic carbocycles. The molecule has 8 nitrogen and oxygen atoms in total. The van der Waals surface area contributed by atoms with E-state index < -0.39 is 12.1 Å². The molecule has 0 spiro atoms. The molecule has 4 rings (SSSR count). The lowest BCUT2D eigenvalue weighted by Gasteiger charge is -2.14. The van der Waals surface area contributed by atoms with Crippen LogP contribution in [0.4, 0.5) is 4.79 Å². The van der Waals surface area contributed by atoms with E-state index in [1.165, 1.54) is 5.38 Å². The first-order chi connectivity index (χ1) is 15.5. The lowest BCUT2D eigenvalue weighted by atomic mass is 9.98. The number of carbonyl (C=O) groups excluding carboxylic acids is 2. The highest BCUT2D eigenvalue weighted by Crippen LogP contribution is 2.44. The predicted molar refractivity (Wildman–Crippen MR) is 119 cm³/mol. The van der Waals surface area contributed by atoms with Gasteiger partial charge in [-0.15, -0.1) is 11.3 Å². The fraction of sp³-hybridized carbons (Fsp3) is 0.217. The molecule has 0 saturated carbocycles. The summed E-state index contributed by atoms with van der Waals surface area (Å²) in [5.74, 6) is -1.41. The number of carboxylic acid groups (broad SMARTS) is 1. The minimum Gasteiger partial charge on any atom is -0.476 e. The van der Waals surface area contributed by atoms with Gasteiger partial charge in [0.2, 0.25) is 5.91 Å². The van der Waals surface area contributed by atoms with E-state index in [4.69, 9.17) is 9.84 Å². The van der Waals surface area contributed by atoms with Crippen molar-refractivity contribution < 1.29 is 24.2 Å². The van der Waals surface area contributed by atoms with E-state index in [0.717, 1.165) is 33.6 Å². The summed E-state index contributed by atoms with van der Waals surface area (Å²) >= 11 is 1.16. The van der Waals surface area contributed by atoms with Crippen LogP contribution in [0, 0.1) is 0 Å². The normalized spacial score (nSPS) is 12.0. The number of amides is 2. The summed E-state index contributed by atoms with van der Waals surface area (Å²) in [6, 6.07) is 16.2. The third kappa shape index (κ3) is 4.78. The summed E-state index contributed by atoms with van der Waals surface area (Å²) in [6.45, 7) is 0.477. The van der Waals surface area contributed by atoms with Gasteiger partial charge in [-0.2, -0.15) is 0 Å². The number of carbonyl (C=O) groups is 3. The number of nitrogens with zero attached hydrogens (tertiary/aromatic N) is 1. The summed E-state index contributed by atoms with van der Waals surface area (Å²) in [6.07, 6.45) is -0.507. The van der Waals surface area contributed by atoms with Gasteiger partial charge in [0.1, 0.15) is 11.6 Å². The first-order valence-corrected chi connectivity index (χ1v) is 10.9. The lowest BCUT2D eigenvalue weighted by Crippen LogP contribution is -2.31. The second-order valence-electron chi connectivity index (χ2n) is 7.21. The fourth-order valence-electron chi connectivity index (χ4n) is 3.68. The zero-order valence-electron chi connectivity index (χ0n) is 17.0. The molecule has 0 unspecified atom stereocenters. The Morgan fingerprint density at radius 3 is 2.28 bits per heavy atom. The van der Waals surface area contributed by atoms with Crippen LogP contribution in [0.25, 0.3) is 11.1 Å². The van der Waals surface area contributed by atoms with Crippen LogP contribution in [0.5, 0.6) is 0 Å². The highest BCUT2D eigenvalue weighted by Gasteiger charge is 2.28. The van der Waals surface area contributed by atoms with Crippen LogP contribution >= 0.6 is 11.3 Å². The maximum absolute atomic E-state index is 12.1. The smallest absolute Gasteiger partial charge is 0.407 e. The summed E-state index contributed by atoms with van der Waals surface area (Å²) < 4.78 is 5.43. The largest absolute Gasteiger partial charge is 0.476 e. The molecule has 0 bridgehead atoms. The van der Waals surface area contributed by atoms with E-state index in [-0.39, 0.29) is 43.6 Å². The molecule has 32 heavy (non-hydrogen) atoms. The van der Waals surface area contributed by atoms with Gasteiger partial charge in [-0.25, -0.2) is 14.6 Å². The quantitative estimate of drug-likeness (QED) is 0.483. The van der Waals surface area contributed by atoms with Crippen LogP contribution in [0.15, 0.2) is 53.9 Å². The fourth-order valence-corrected chi connectivity index (χ4v) is 4.39. The van der Waals surface area contributed by atoms with E-state index in [2.05, 4.69) is 27.8 Å². The highest BCUT2D eigenvalue weighted by molar-refractivity contribution is 7.09. The Labute approximate surface area is 188 Å². The van der Waals surface area contributed by atoms with Gasteiger partial charge < -0.3 is 20.5 Å². The average Bonchev–Trinajstić information content (AvgIpc) is 3.40. The van der Waals surface area contributed by atoms with Crippen molar-refractivity contribution >= 4 is 29.3 Å². The number of hydrogen-bond donors (Lipinski definition) is 3. The lowest BCUT2D eigenvalue weighted by molar-refractivity contribution is -0.121. The van der Waals surface area contributed by atoms with Crippen molar-refractivity contribution in [2.75, 3.05) is 13.2 Å². The van der Waals surface area contributed by atoms with Gasteiger partial charge in [0.15, 0.2) is 5.69 Å². The molecule has 2 amide bonds. The van der Waals surface area contributed by atoms with Crippen molar-refractivity contribution in [3.63, 3.8) is 0 Å². The third-order valence-electron chi connectivity index (χ3n) is 5.17. The number of ether oxygens (including phenoxy) is 1. The molecule has 164 valence electrons. The number of aromatic nitrogens is 1. The van der Waals surface area contributed by atoms with E-state index in [9.17, 15) is 14.4 Å². The maximum Gasteiger partial charge on any atom is 0.407 e. The minimum atomic E-state index is -1.11. The molecule has 0 aliphatic heterocycles. The number of thiazole rings is 1. The number of fused-ring (bicyclic) bond motifs is 3. The van der Waals surface area contributed by atoms with Crippen molar-refractivity contribution in [3.8, 4) is 11.1 Å². The van der Waals surface area contributed by atoms with Crippen molar-refractivity contribution in [2.24, 2.45) is 0 Å². The second-order valence-corrected chi connectivity index (χ2v) is 8.15. The van der Waals surface area contributed by atoms with Gasteiger partial charge in [0.25, 0.3) is 0 Å². The molecule has 1 aliphatic carbocycles. The van der Waals surface area contributed by atoms with Gasteiger partial charge in [-0.1, -0.05) is 48.5 Å². The zero-order chi connectivity index (χ0) is 22.5. The molecule has 1 heterocycles. The Hall–Kier alpha value is -3.72. The van der Waals surface area contributed by atoms with Gasteiger partial charge in [-0.05, 0) is 22.3 Å². The molecular formula is C23H21N3O5S. The number of nitrogens with one attached hydrogen (secondary N) is 2. The van der Waals surface area contributed by atoms with Crippen LogP contribution < -0.4 is 10.6 Å². The van der Waals surface area contributed by atoms with E-state index >= 15 is 0 Å². The summed E-state index contributed by atoms with van der Waals surface area (Å²) in [5.41, 5.74) is 4.54. The van der Waals surface area contributed by atoms with E-state index in [1.54, 1.807) is 0 Å². The van der Waals surface area contributed by atoms with Crippen LogP contribution in [-0.4, -0.2) is 41.2 Å². The Morgan fingerprint density at radius 1 is 1.00 bits per heavy atom. The summed E-state index contributed by atoms with van der Waals surface area (Å²) in [5, 5.41) is 16.0. The number of hydrogen-bond acceptors (Lipinski definition) is 6. The number of carboxylic acids is 1. The molecule has 3 N–H and O–H groups in total. The van der Waals surface area contributed by atoms with Crippen LogP contribution in [0.2, 0.25) is 0 Å². The average molecular weight is 452 g/mol. The second kappa shape index (κ2) is 9.61. The topological polar surface area (TPSA) is 118 Å². The van der Waals surface area contributed by atoms with Crippen molar-refractivity contribution in [2.45, 2.75) is 18.9 Å². The number of alkyl carbamates (subject to hydrolysis) is 1. The van der Waals surface area contributed by atoms with Crippen molar-refractivity contribution in [1.82, 2.24) is 15.6 Å². The van der Waals surface area contributed by atoms with Gasteiger partial charge in [0, 0.05) is 24.3 Å². The highest BCUT2D eigenvalue weighted by atomic mass is 32.1. The van der Waals surface area contributed by atoms with E-state index in [0.29, 0.717) is 5.01 Å². The predicted octanol–water partition coefficient (Wildman–Crippen LogP) is 3.39. The van der Waals surface area contributed by atoms with Crippen LogP contribution in [0.1, 0.15) is 39.0 Å². The molecule has 3 aromatic rings. The Balaban J connectivity index is 1.21. The first-order valence-electron chi connectivity index (χ1n) is 10.1. The molecule has 1 aliphatic rings. The zero-order valence-corrected chi connectivity index (χ0v) is 17.9. The molecule has 9 heteroatoms. The molecule has 0 saturated heterocycles. The minimum absolute atomic E-state index is 0.0227. The third-order valence-corrected chi connectivity index (χ3v) is 6.02. The number of benzene rings is 2. The first kappa shape index (κ1) is 21.5. The molecule has 0 fully saturated rings. The summed E-state index contributed by atoms with van der Waals surface area (Å²) in [7, 11) is 0. The number of aromatic carboxylic acids is 1. The Kier molecular flexibility index (Phi) is 6.46. The van der Waals surface area contributed by atoms with Crippen molar-refractivity contribution in [1.29, 1.82) is 0 Å². The summed E-state index contributed by atoms with van der Waals surface area (Å²) in [4.78, 5) is 38.8. The molecule has 0 atom stereocenters. The van der Waals surface area contributed by atoms with Gasteiger partial charge >= 0.3 is 12.1 Å². The molecular weight excluding hydrogens is 430 g/mol. The Morgan fingerprint density at radius 2 is 1.66 bits per heavy atom. The number of rotatable bonds is 8. The van der Waals surface area contributed by atoms with Gasteiger partial charge in [-0.3, -0.25) is 4.79 Å². The van der Waals surface area contributed by atoms with Crippen molar-refractivity contribution in [3.05, 3.63) is 75.7 Å². The van der Waals surface area contributed by atoms with Crippen LogP contribution in [-0.2, 0) is 16.1 Å². The molecule has 0 radical (unpaired) electrons. The van der Waals surface area contributed by atoms with Gasteiger partial charge in [0.05, 0.1) is 6.54 Å².